The molecule has 2 aromatic heterocycles. The molecule has 3 aromatic rings. The average molecular weight is 389 g/mol. The van der Waals surface area contributed by atoms with Gasteiger partial charge in [0.2, 0.25) is 0 Å². The number of carbonyl (C=O) groups is 1. The van der Waals surface area contributed by atoms with E-state index in [9.17, 15) is 13.2 Å². The van der Waals surface area contributed by atoms with Crippen LogP contribution in [0.15, 0.2) is 62.7 Å². The molecule has 1 amide bonds. The Bertz CT molecular complexity index is 990. The summed E-state index contributed by atoms with van der Waals surface area (Å²) in [6, 6.07) is 11.9. The highest BCUT2D eigenvalue weighted by molar-refractivity contribution is 7.93. The predicted octanol–water partition coefficient (Wildman–Crippen LogP) is 3.90. The fourth-order valence-electron chi connectivity index (χ4n) is 2.57. The minimum absolute atomic E-state index is 0.0699. The summed E-state index contributed by atoms with van der Waals surface area (Å²) >= 11 is 1.15. The maximum atomic E-state index is 12.9. The first-order valence-corrected chi connectivity index (χ1v) is 10.5. The van der Waals surface area contributed by atoms with Crippen molar-refractivity contribution in [2.45, 2.75) is 23.3 Å². The molecule has 0 saturated carbocycles. The number of thiophene rings is 1. The molecule has 0 saturated heterocycles. The predicted molar refractivity (Wildman–Crippen MR) is 101 cm³/mol. The van der Waals surface area contributed by atoms with E-state index < -0.39 is 15.1 Å². The number of furan rings is 1. The molecule has 1 N–H and O–H groups in total. The quantitative estimate of drug-likeness (QED) is 0.694. The summed E-state index contributed by atoms with van der Waals surface area (Å²) in [5.41, 5.74) is 2.60. The Morgan fingerprint density at radius 3 is 2.58 bits per heavy atom. The van der Waals surface area contributed by atoms with Crippen LogP contribution >= 0.6 is 11.3 Å². The molecule has 0 aliphatic carbocycles. The van der Waals surface area contributed by atoms with Crippen LogP contribution in [0.4, 0.5) is 0 Å². The monoisotopic (exact) mass is 389 g/mol. The highest BCUT2D eigenvalue weighted by Gasteiger charge is 2.32. The first-order chi connectivity index (χ1) is 12.4. The molecule has 7 heteroatoms. The zero-order valence-corrected chi connectivity index (χ0v) is 16.1. The van der Waals surface area contributed by atoms with Crippen molar-refractivity contribution in [2.24, 2.45) is 0 Å². The van der Waals surface area contributed by atoms with Crippen LogP contribution in [0.2, 0.25) is 0 Å². The Balaban J connectivity index is 1.83. The summed E-state index contributed by atoms with van der Waals surface area (Å²) in [5, 5.41) is 3.46. The van der Waals surface area contributed by atoms with Crippen LogP contribution in [0.1, 0.15) is 32.5 Å². The number of sulfone groups is 1. The Hall–Kier alpha value is -2.38. The lowest BCUT2D eigenvalue weighted by molar-refractivity contribution is 0.0953. The van der Waals surface area contributed by atoms with E-state index in [-0.39, 0.29) is 16.7 Å². The van der Waals surface area contributed by atoms with Gasteiger partial charge in [0.1, 0.15) is 15.2 Å². The number of aryl methyl sites for hydroxylation is 2. The van der Waals surface area contributed by atoms with Gasteiger partial charge in [-0.3, -0.25) is 4.79 Å². The Labute approximate surface area is 156 Å². The molecule has 0 aliphatic rings. The van der Waals surface area contributed by atoms with E-state index in [1.54, 1.807) is 41.8 Å². The van der Waals surface area contributed by atoms with Gasteiger partial charge in [-0.15, -0.1) is 11.3 Å². The Kier molecular flexibility index (Phi) is 5.29. The fourth-order valence-corrected chi connectivity index (χ4v) is 5.36. The second-order valence-corrected chi connectivity index (χ2v) is 9.30. The molecule has 0 radical (unpaired) electrons. The van der Waals surface area contributed by atoms with Crippen molar-refractivity contribution >= 4 is 27.1 Å². The summed E-state index contributed by atoms with van der Waals surface area (Å²) in [7, 11) is -3.66. The second-order valence-electron chi connectivity index (χ2n) is 5.99. The SMILES string of the molecule is Cc1ccc(C(=O)NC[C@H](c2ccco2)S(=O)(=O)c2cccs2)cc1C. The van der Waals surface area contributed by atoms with Crippen molar-refractivity contribution in [1.29, 1.82) is 0 Å². The number of amides is 1. The van der Waals surface area contributed by atoms with Crippen molar-refractivity contribution in [3.63, 3.8) is 0 Å². The summed E-state index contributed by atoms with van der Waals surface area (Å²) in [6.45, 7) is 3.83. The van der Waals surface area contributed by atoms with Gasteiger partial charge in [0, 0.05) is 12.1 Å². The van der Waals surface area contributed by atoms with Crippen LogP contribution in [-0.4, -0.2) is 20.9 Å². The molecule has 0 bridgehead atoms. The van der Waals surface area contributed by atoms with Crippen molar-refractivity contribution in [3.05, 3.63) is 76.6 Å². The van der Waals surface area contributed by atoms with Crippen LogP contribution in [0.3, 0.4) is 0 Å². The highest BCUT2D eigenvalue weighted by Crippen LogP contribution is 2.31. The third-order valence-electron chi connectivity index (χ3n) is 4.23. The number of nitrogens with one attached hydrogen (secondary N) is 1. The number of hydrogen-bond donors (Lipinski definition) is 1. The number of carbonyl (C=O) groups excluding carboxylic acids is 1. The molecule has 0 spiro atoms. The molecule has 1 aromatic carbocycles. The summed E-state index contributed by atoms with van der Waals surface area (Å²) in [5.74, 6) is -0.00942. The topological polar surface area (TPSA) is 76.4 Å². The van der Waals surface area contributed by atoms with Gasteiger partial charge in [-0.25, -0.2) is 8.42 Å². The van der Waals surface area contributed by atoms with Crippen LogP contribution < -0.4 is 5.32 Å². The number of benzene rings is 1. The van der Waals surface area contributed by atoms with Crippen LogP contribution in [0.25, 0.3) is 0 Å². The lowest BCUT2D eigenvalue weighted by Gasteiger charge is -2.16. The van der Waals surface area contributed by atoms with Crippen molar-refractivity contribution in [3.8, 4) is 0 Å². The van der Waals surface area contributed by atoms with Gasteiger partial charge in [-0.2, -0.15) is 0 Å². The lowest BCUT2D eigenvalue weighted by atomic mass is 10.1. The number of hydrogen-bond acceptors (Lipinski definition) is 5. The highest BCUT2D eigenvalue weighted by atomic mass is 32.2. The minimum atomic E-state index is -3.66. The van der Waals surface area contributed by atoms with Crippen LogP contribution in [-0.2, 0) is 9.84 Å². The van der Waals surface area contributed by atoms with E-state index in [2.05, 4.69) is 5.32 Å². The van der Waals surface area contributed by atoms with E-state index in [4.69, 9.17) is 4.42 Å². The molecular weight excluding hydrogens is 370 g/mol. The molecular formula is C19H19NO4S2. The Morgan fingerprint density at radius 2 is 1.96 bits per heavy atom. The van der Waals surface area contributed by atoms with Gasteiger partial charge in [0.25, 0.3) is 5.91 Å². The van der Waals surface area contributed by atoms with E-state index in [1.807, 2.05) is 19.9 Å². The summed E-state index contributed by atoms with van der Waals surface area (Å²) < 4.78 is 31.5. The Morgan fingerprint density at radius 1 is 1.15 bits per heavy atom. The van der Waals surface area contributed by atoms with E-state index >= 15 is 0 Å². The van der Waals surface area contributed by atoms with E-state index in [0.717, 1.165) is 22.5 Å². The maximum absolute atomic E-state index is 12.9. The summed E-state index contributed by atoms with van der Waals surface area (Å²) in [6.07, 6.45) is 1.43. The normalized spacial score (nSPS) is 12.7. The van der Waals surface area contributed by atoms with Crippen molar-refractivity contribution < 1.29 is 17.6 Å². The van der Waals surface area contributed by atoms with Gasteiger partial charge in [0.15, 0.2) is 9.84 Å². The molecule has 0 fully saturated rings. The molecule has 5 nitrogen and oxygen atoms in total. The van der Waals surface area contributed by atoms with E-state index in [1.165, 1.54) is 6.26 Å². The minimum Gasteiger partial charge on any atom is -0.468 e. The van der Waals surface area contributed by atoms with Crippen LogP contribution in [0.5, 0.6) is 0 Å². The molecule has 26 heavy (non-hydrogen) atoms. The maximum Gasteiger partial charge on any atom is 0.251 e. The zero-order valence-electron chi connectivity index (χ0n) is 14.4. The smallest absolute Gasteiger partial charge is 0.251 e. The molecule has 0 unspecified atom stereocenters. The molecule has 136 valence electrons. The summed E-state index contributed by atoms with van der Waals surface area (Å²) in [4.78, 5) is 12.5. The van der Waals surface area contributed by atoms with Crippen molar-refractivity contribution in [2.75, 3.05) is 6.54 Å². The standard InChI is InChI=1S/C19H19NO4S2/c1-13-7-8-15(11-14(13)2)19(21)20-12-17(16-5-3-9-24-16)26(22,23)18-6-4-10-25-18/h3-11,17H,12H2,1-2H3,(H,20,21)/t17-/m1/s1. The average Bonchev–Trinajstić information content (AvgIpc) is 3.30. The molecule has 0 aliphatic heterocycles. The van der Waals surface area contributed by atoms with Gasteiger partial charge < -0.3 is 9.73 Å². The van der Waals surface area contributed by atoms with Gasteiger partial charge in [-0.05, 0) is 60.7 Å². The molecule has 2 heterocycles. The van der Waals surface area contributed by atoms with Gasteiger partial charge in [-0.1, -0.05) is 12.1 Å². The van der Waals surface area contributed by atoms with E-state index in [0.29, 0.717) is 11.3 Å². The first kappa shape index (κ1) is 18.4. The largest absolute Gasteiger partial charge is 0.468 e. The number of rotatable bonds is 6. The zero-order chi connectivity index (χ0) is 18.7. The second kappa shape index (κ2) is 7.47. The first-order valence-electron chi connectivity index (χ1n) is 8.06. The third-order valence-corrected chi connectivity index (χ3v) is 7.72. The van der Waals surface area contributed by atoms with Gasteiger partial charge in [0.05, 0.1) is 6.26 Å². The fraction of sp³-hybridized carbons (Fsp3) is 0.211. The third kappa shape index (κ3) is 3.73. The van der Waals surface area contributed by atoms with Crippen molar-refractivity contribution in [1.82, 2.24) is 5.32 Å². The molecule has 3 rings (SSSR count). The lowest BCUT2D eigenvalue weighted by Crippen LogP contribution is -2.31. The molecule has 1 atom stereocenters. The van der Waals surface area contributed by atoms with Gasteiger partial charge >= 0.3 is 0 Å². The van der Waals surface area contributed by atoms with Crippen LogP contribution in [0, 0.1) is 13.8 Å².